The molecular weight excluding hydrogens is 170 g/mol. The van der Waals surface area contributed by atoms with Crippen molar-refractivity contribution in [3.05, 3.63) is 12.2 Å². The highest BCUT2D eigenvalue weighted by Crippen LogP contribution is 2.50. The molecule has 1 N–H and O–H groups in total. The smallest absolute Gasteiger partial charge is 0.0167 e. The lowest BCUT2D eigenvalue weighted by atomic mass is 9.82. The van der Waals surface area contributed by atoms with Crippen LogP contribution in [0.3, 0.4) is 0 Å². The van der Waals surface area contributed by atoms with Gasteiger partial charge in [0.05, 0.1) is 0 Å². The second-order valence-corrected chi connectivity index (χ2v) is 5.04. The van der Waals surface area contributed by atoms with Crippen LogP contribution in [-0.4, -0.2) is 5.71 Å². The third kappa shape index (κ3) is 1.77. The van der Waals surface area contributed by atoms with E-state index in [9.17, 15) is 0 Å². The van der Waals surface area contributed by atoms with Gasteiger partial charge in [-0.15, -0.1) is 0 Å². The minimum atomic E-state index is 0.426. The maximum Gasteiger partial charge on any atom is 0.0167 e. The first-order chi connectivity index (χ1) is 6.76. The summed E-state index contributed by atoms with van der Waals surface area (Å²) in [6.45, 7) is 2.26. The first kappa shape index (κ1) is 9.95. The van der Waals surface area contributed by atoms with Gasteiger partial charge in [0.25, 0.3) is 0 Å². The molecule has 0 saturated heterocycles. The number of hydrogen-bond acceptors (Lipinski definition) is 1. The van der Waals surface area contributed by atoms with Gasteiger partial charge >= 0.3 is 0 Å². The van der Waals surface area contributed by atoms with Gasteiger partial charge in [0.2, 0.25) is 0 Å². The number of unbranched alkanes of at least 4 members (excludes halogenated alkanes) is 3. The Bertz CT molecular complexity index is 254. The standard InChI is InChI=1S/C13H21N/c1-2-3-4-5-7-13-8-6-11(9-13)12(14)10-13/h6,8,11,14H,2-5,7,9-10H2,1H3. The minimum Gasteiger partial charge on any atom is -0.309 e. The van der Waals surface area contributed by atoms with Crippen LogP contribution in [0.15, 0.2) is 12.2 Å². The van der Waals surface area contributed by atoms with Gasteiger partial charge in [0.15, 0.2) is 0 Å². The molecule has 2 aliphatic rings. The van der Waals surface area contributed by atoms with E-state index in [4.69, 9.17) is 5.41 Å². The van der Waals surface area contributed by atoms with Crippen LogP contribution in [0.25, 0.3) is 0 Å². The lowest BCUT2D eigenvalue weighted by Crippen LogP contribution is -2.13. The highest BCUT2D eigenvalue weighted by atomic mass is 14.6. The van der Waals surface area contributed by atoms with Crippen LogP contribution in [0, 0.1) is 16.7 Å². The average molecular weight is 191 g/mol. The molecule has 1 heteroatoms. The number of hydrogen-bond donors (Lipinski definition) is 1. The van der Waals surface area contributed by atoms with E-state index in [1.165, 1.54) is 38.5 Å². The summed E-state index contributed by atoms with van der Waals surface area (Å²) in [7, 11) is 0. The van der Waals surface area contributed by atoms with Gasteiger partial charge < -0.3 is 5.41 Å². The van der Waals surface area contributed by atoms with E-state index >= 15 is 0 Å². The van der Waals surface area contributed by atoms with Gasteiger partial charge in [-0.05, 0) is 24.7 Å². The van der Waals surface area contributed by atoms with Crippen molar-refractivity contribution in [2.45, 2.75) is 51.9 Å². The molecule has 0 amide bonds. The van der Waals surface area contributed by atoms with Crippen molar-refractivity contribution in [2.75, 3.05) is 0 Å². The lowest BCUT2D eigenvalue weighted by molar-refractivity contribution is 0.359. The summed E-state index contributed by atoms with van der Waals surface area (Å²) in [4.78, 5) is 0. The average Bonchev–Trinajstić information content (AvgIpc) is 2.70. The van der Waals surface area contributed by atoms with Crippen LogP contribution in [-0.2, 0) is 0 Å². The molecule has 0 aromatic rings. The third-order valence-corrected chi connectivity index (χ3v) is 3.83. The molecule has 0 radical (unpaired) electrons. The fourth-order valence-electron chi connectivity index (χ4n) is 2.95. The monoisotopic (exact) mass is 191 g/mol. The predicted octanol–water partition coefficient (Wildman–Crippen LogP) is 3.94. The molecule has 0 aromatic carbocycles. The third-order valence-electron chi connectivity index (χ3n) is 3.83. The van der Waals surface area contributed by atoms with Gasteiger partial charge in [0.1, 0.15) is 0 Å². The van der Waals surface area contributed by atoms with Crippen molar-refractivity contribution >= 4 is 5.71 Å². The van der Waals surface area contributed by atoms with Crippen molar-refractivity contribution in [3.63, 3.8) is 0 Å². The van der Waals surface area contributed by atoms with Crippen molar-refractivity contribution < 1.29 is 0 Å². The van der Waals surface area contributed by atoms with Crippen LogP contribution < -0.4 is 0 Å². The summed E-state index contributed by atoms with van der Waals surface area (Å²) in [6.07, 6.45) is 13.7. The number of allylic oxidation sites excluding steroid dienone is 2. The summed E-state index contributed by atoms with van der Waals surface area (Å²) >= 11 is 0. The van der Waals surface area contributed by atoms with Gasteiger partial charge in [0, 0.05) is 11.6 Å². The molecule has 0 aromatic heterocycles. The first-order valence-corrected chi connectivity index (χ1v) is 6.02. The number of rotatable bonds is 5. The lowest BCUT2D eigenvalue weighted by Gasteiger charge is -2.22. The Morgan fingerprint density at radius 2 is 2.29 bits per heavy atom. The molecule has 2 bridgehead atoms. The summed E-state index contributed by atoms with van der Waals surface area (Å²) in [5.41, 5.74) is 1.41. The van der Waals surface area contributed by atoms with E-state index in [1.807, 2.05) is 0 Å². The van der Waals surface area contributed by atoms with E-state index in [0.717, 1.165) is 12.1 Å². The minimum absolute atomic E-state index is 0.426. The fourth-order valence-corrected chi connectivity index (χ4v) is 2.95. The molecule has 78 valence electrons. The van der Waals surface area contributed by atoms with Gasteiger partial charge in [-0.25, -0.2) is 0 Å². The number of nitrogens with one attached hydrogen (secondary N) is 1. The molecule has 2 unspecified atom stereocenters. The SMILES string of the molecule is CCCCCCC12C=CC(C1)C(=N)C2. The van der Waals surface area contributed by atoms with E-state index in [-0.39, 0.29) is 0 Å². The van der Waals surface area contributed by atoms with Crippen molar-refractivity contribution in [3.8, 4) is 0 Å². The summed E-state index contributed by atoms with van der Waals surface area (Å²) in [5, 5.41) is 7.83. The van der Waals surface area contributed by atoms with Gasteiger partial charge in [-0.2, -0.15) is 0 Å². The Hall–Kier alpha value is -0.590. The van der Waals surface area contributed by atoms with Gasteiger partial charge in [-0.3, -0.25) is 0 Å². The Morgan fingerprint density at radius 3 is 2.86 bits per heavy atom. The molecule has 1 fully saturated rings. The van der Waals surface area contributed by atoms with Crippen LogP contribution in [0.5, 0.6) is 0 Å². The Balaban J connectivity index is 1.81. The maximum atomic E-state index is 7.83. The second-order valence-electron chi connectivity index (χ2n) is 5.04. The molecule has 0 spiro atoms. The van der Waals surface area contributed by atoms with Crippen LogP contribution in [0.4, 0.5) is 0 Å². The topological polar surface area (TPSA) is 23.9 Å². The molecule has 2 atom stereocenters. The van der Waals surface area contributed by atoms with E-state index < -0.39 is 0 Å². The zero-order valence-electron chi connectivity index (χ0n) is 9.18. The Labute approximate surface area is 87.1 Å². The summed E-state index contributed by atoms with van der Waals surface area (Å²) < 4.78 is 0. The van der Waals surface area contributed by atoms with Gasteiger partial charge in [-0.1, -0.05) is 44.8 Å². The van der Waals surface area contributed by atoms with Crippen molar-refractivity contribution in [1.29, 1.82) is 5.41 Å². The van der Waals surface area contributed by atoms with Crippen LogP contribution in [0.2, 0.25) is 0 Å². The number of fused-ring (bicyclic) bond motifs is 2. The molecule has 0 heterocycles. The van der Waals surface area contributed by atoms with E-state index in [1.54, 1.807) is 0 Å². The molecular formula is C13H21N. The fraction of sp³-hybridized carbons (Fsp3) is 0.769. The predicted molar refractivity (Wildman–Crippen MR) is 60.8 cm³/mol. The molecule has 14 heavy (non-hydrogen) atoms. The zero-order valence-corrected chi connectivity index (χ0v) is 9.18. The van der Waals surface area contributed by atoms with Crippen molar-refractivity contribution in [2.24, 2.45) is 11.3 Å². The molecule has 1 nitrogen and oxygen atoms in total. The van der Waals surface area contributed by atoms with Crippen LogP contribution >= 0.6 is 0 Å². The second kappa shape index (κ2) is 3.88. The summed E-state index contributed by atoms with van der Waals surface area (Å²) in [6, 6.07) is 0. The van der Waals surface area contributed by atoms with E-state index in [2.05, 4.69) is 19.1 Å². The highest BCUT2D eigenvalue weighted by Gasteiger charge is 2.43. The normalized spacial score (nSPS) is 34.4. The quantitative estimate of drug-likeness (QED) is 0.502. The van der Waals surface area contributed by atoms with E-state index in [0.29, 0.717) is 11.3 Å². The largest absolute Gasteiger partial charge is 0.309 e. The molecule has 1 saturated carbocycles. The Morgan fingerprint density at radius 1 is 1.43 bits per heavy atom. The highest BCUT2D eigenvalue weighted by molar-refractivity contribution is 5.90. The van der Waals surface area contributed by atoms with Crippen LogP contribution in [0.1, 0.15) is 51.9 Å². The first-order valence-electron chi connectivity index (χ1n) is 6.02. The molecule has 2 aliphatic carbocycles. The zero-order chi connectivity index (χ0) is 10.0. The molecule has 0 aliphatic heterocycles. The Kier molecular flexibility index (Phi) is 2.76. The van der Waals surface area contributed by atoms with Crippen molar-refractivity contribution in [1.82, 2.24) is 0 Å². The summed E-state index contributed by atoms with van der Waals surface area (Å²) in [5.74, 6) is 0.515. The molecule has 2 rings (SSSR count). The maximum absolute atomic E-state index is 7.83.